The van der Waals surface area contributed by atoms with Gasteiger partial charge in [-0.15, -0.1) is 11.3 Å². The molecule has 1 N–H and O–H groups in total. The summed E-state index contributed by atoms with van der Waals surface area (Å²) >= 11 is 9.03. The average Bonchev–Trinajstić information content (AvgIpc) is 3.84. The van der Waals surface area contributed by atoms with E-state index in [9.17, 15) is 9.59 Å². The third kappa shape index (κ3) is 7.62. The molecule has 4 heterocycles. The number of carbonyl (C=O) groups is 2. The number of hydrogen-bond donors (Lipinski definition) is 1. The lowest BCUT2D eigenvalue weighted by Crippen LogP contribution is -2.19. The van der Waals surface area contributed by atoms with Crippen LogP contribution in [-0.4, -0.2) is 41.1 Å². The highest BCUT2D eigenvalue weighted by Crippen LogP contribution is 2.31. The van der Waals surface area contributed by atoms with Crippen molar-refractivity contribution in [2.45, 2.75) is 23.9 Å². The zero-order chi connectivity index (χ0) is 31.1. The average molecular weight is 642 g/mol. The van der Waals surface area contributed by atoms with Gasteiger partial charge in [0.05, 0.1) is 22.0 Å². The largest absolute Gasteiger partial charge is 0.346 e. The number of aromatic nitrogens is 6. The standard InChI is InChI=1S/C16H15ClN4OS.C16H13N3OS/c1-10-14(23-16-18-8-9-20(16)3)11(2)21(19-10)15(22)12-4-6-13(17)7-5-12;20-16(17-13-5-2-1-3-6-13)19-11-10-14(18-19)8-9-15-7-4-12-21-15/h4-9H,1-3H3;1-12H,(H,17,20)/b;9-8+. The summed E-state index contributed by atoms with van der Waals surface area (Å²) in [6, 6.07) is 21.6. The summed E-state index contributed by atoms with van der Waals surface area (Å²) < 4.78 is 4.66. The van der Waals surface area contributed by atoms with Crippen LogP contribution in [0, 0.1) is 13.8 Å². The van der Waals surface area contributed by atoms with Gasteiger partial charge in [0.15, 0.2) is 5.16 Å². The van der Waals surface area contributed by atoms with E-state index in [0.717, 1.165) is 37.7 Å². The summed E-state index contributed by atoms with van der Waals surface area (Å²) in [6.07, 6.45) is 9.14. The molecule has 6 rings (SSSR count). The van der Waals surface area contributed by atoms with E-state index in [1.807, 2.05) is 91.7 Å². The molecule has 0 bridgehead atoms. The van der Waals surface area contributed by atoms with Crippen LogP contribution in [0.2, 0.25) is 5.02 Å². The van der Waals surface area contributed by atoms with Crippen LogP contribution in [0.3, 0.4) is 0 Å². The number of amides is 1. The van der Waals surface area contributed by atoms with Crippen LogP contribution in [0.15, 0.2) is 107 Å². The molecule has 0 aliphatic heterocycles. The van der Waals surface area contributed by atoms with Crippen LogP contribution >= 0.6 is 34.7 Å². The molecule has 0 saturated carbocycles. The number of nitrogens with zero attached hydrogens (tertiary/aromatic N) is 6. The lowest BCUT2D eigenvalue weighted by atomic mass is 10.2. The summed E-state index contributed by atoms with van der Waals surface area (Å²) in [6.45, 7) is 3.78. The Morgan fingerprint density at radius 2 is 1.70 bits per heavy atom. The fraction of sp³-hybridized carbons (Fsp3) is 0.0938. The van der Waals surface area contributed by atoms with Crippen LogP contribution < -0.4 is 5.32 Å². The molecule has 0 radical (unpaired) electrons. The van der Waals surface area contributed by atoms with Gasteiger partial charge in [-0.05, 0) is 91.7 Å². The van der Waals surface area contributed by atoms with Gasteiger partial charge >= 0.3 is 6.03 Å². The van der Waals surface area contributed by atoms with Crippen LogP contribution in [0.1, 0.15) is 32.3 Å². The van der Waals surface area contributed by atoms with Gasteiger partial charge < -0.3 is 9.88 Å². The van der Waals surface area contributed by atoms with Crippen molar-refractivity contribution >= 4 is 64.5 Å². The van der Waals surface area contributed by atoms with E-state index in [1.54, 1.807) is 54.1 Å². The molecule has 12 heteroatoms. The molecule has 2 aromatic carbocycles. The summed E-state index contributed by atoms with van der Waals surface area (Å²) in [5.74, 6) is -0.172. The molecule has 0 spiro atoms. The second kappa shape index (κ2) is 14.2. The highest BCUT2D eigenvalue weighted by molar-refractivity contribution is 7.99. The zero-order valence-electron chi connectivity index (χ0n) is 24.1. The van der Waals surface area contributed by atoms with Gasteiger partial charge in [0, 0.05) is 46.8 Å². The van der Waals surface area contributed by atoms with Crippen molar-refractivity contribution in [1.29, 1.82) is 0 Å². The monoisotopic (exact) mass is 641 g/mol. The third-order valence-corrected chi connectivity index (χ3v) is 8.74. The van der Waals surface area contributed by atoms with Crippen LogP contribution in [0.5, 0.6) is 0 Å². The maximum absolute atomic E-state index is 12.6. The summed E-state index contributed by atoms with van der Waals surface area (Å²) in [5, 5.41) is 14.9. The molecule has 0 aliphatic carbocycles. The number of benzene rings is 2. The molecule has 0 atom stereocenters. The predicted octanol–water partition coefficient (Wildman–Crippen LogP) is 7.92. The fourth-order valence-corrected chi connectivity index (χ4v) is 5.69. The van der Waals surface area contributed by atoms with Crippen molar-refractivity contribution in [3.05, 3.63) is 129 Å². The van der Waals surface area contributed by atoms with Crippen molar-refractivity contribution < 1.29 is 9.59 Å². The minimum atomic E-state index is -0.281. The summed E-state index contributed by atoms with van der Waals surface area (Å²) in [7, 11) is 1.93. The van der Waals surface area contributed by atoms with Crippen LogP contribution in [0.4, 0.5) is 10.5 Å². The minimum absolute atomic E-state index is 0.172. The molecule has 1 amide bonds. The van der Waals surface area contributed by atoms with Gasteiger partial charge in [-0.1, -0.05) is 35.9 Å². The first-order chi connectivity index (χ1) is 21.3. The van der Waals surface area contributed by atoms with E-state index in [2.05, 4.69) is 20.5 Å². The van der Waals surface area contributed by atoms with Gasteiger partial charge in [-0.2, -0.15) is 19.6 Å². The Morgan fingerprint density at radius 3 is 2.39 bits per heavy atom. The Bertz CT molecular complexity index is 1890. The zero-order valence-corrected chi connectivity index (χ0v) is 26.5. The second-order valence-electron chi connectivity index (χ2n) is 9.48. The normalized spacial score (nSPS) is 10.9. The number of carbonyl (C=O) groups excluding carboxylic acids is 2. The number of para-hydroxylation sites is 1. The maximum Gasteiger partial charge on any atom is 0.346 e. The highest BCUT2D eigenvalue weighted by Gasteiger charge is 2.20. The van der Waals surface area contributed by atoms with E-state index < -0.39 is 0 Å². The number of thiophene rings is 1. The lowest BCUT2D eigenvalue weighted by molar-refractivity contribution is 0.0942. The number of halogens is 1. The smallest absolute Gasteiger partial charge is 0.329 e. The van der Waals surface area contributed by atoms with Gasteiger partial charge in [0.1, 0.15) is 0 Å². The van der Waals surface area contributed by atoms with Crippen LogP contribution in [-0.2, 0) is 7.05 Å². The Labute approximate surface area is 267 Å². The Hall–Kier alpha value is -4.71. The summed E-state index contributed by atoms with van der Waals surface area (Å²) in [4.78, 5) is 31.1. The number of aryl methyl sites for hydroxylation is 2. The van der Waals surface area contributed by atoms with Crippen LogP contribution in [0.25, 0.3) is 12.2 Å². The predicted molar refractivity (Wildman–Crippen MR) is 177 cm³/mol. The lowest BCUT2D eigenvalue weighted by Gasteiger charge is -2.05. The molecular formula is C32H28ClN7O2S2. The number of anilines is 1. The number of rotatable bonds is 6. The Morgan fingerprint density at radius 1 is 0.932 bits per heavy atom. The molecule has 0 fully saturated rings. The van der Waals surface area contributed by atoms with E-state index in [1.165, 1.54) is 21.1 Å². The Kier molecular flexibility index (Phi) is 9.90. The topological polar surface area (TPSA) is 99.6 Å². The van der Waals surface area contributed by atoms with E-state index in [-0.39, 0.29) is 11.9 Å². The van der Waals surface area contributed by atoms with Crippen molar-refractivity contribution in [3.63, 3.8) is 0 Å². The van der Waals surface area contributed by atoms with Gasteiger partial charge in [-0.25, -0.2) is 9.78 Å². The van der Waals surface area contributed by atoms with Gasteiger partial charge in [-0.3, -0.25) is 4.79 Å². The first-order valence-corrected chi connectivity index (χ1v) is 15.5. The molecule has 222 valence electrons. The molecule has 0 aliphatic rings. The fourth-order valence-electron chi connectivity index (χ4n) is 4.03. The van der Waals surface area contributed by atoms with Gasteiger partial charge in [0.2, 0.25) is 0 Å². The number of nitrogens with one attached hydrogen (secondary N) is 1. The molecule has 44 heavy (non-hydrogen) atoms. The van der Waals surface area contributed by atoms with Crippen molar-refractivity contribution in [3.8, 4) is 0 Å². The van der Waals surface area contributed by atoms with Crippen molar-refractivity contribution in [1.82, 2.24) is 29.1 Å². The third-order valence-electron chi connectivity index (χ3n) is 6.28. The first-order valence-electron chi connectivity index (χ1n) is 13.4. The molecule has 4 aromatic heterocycles. The highest BCUT2D eigenvalue weighted by atomic mass is 35.5. The molecule has 9 nitrogen and oxygen atoms in total. The maximum atomic E-state index is 12.6. The molecule has 0 saturated heterocycles. The van der Waals surface area contributed by atoms with E-state index in [0.29, 0.717) is 10.6 Å². The number of imidazole rings is 1. The second-order valence-corrected chi connectivity index (χ2v) is 11.9. The SMILES string of the molecule is Cc1nn(C(=O)c2ccc(Cl)cc2)c(C)c1Sc1nccn1C.O=C(Nc1ccccc1)n1ccc(/C=C/c2cccs2)n1. The van der Waals surface area contributed by atoms with E-state index >= 15 is 0 Å². The Balaban J connectivity index is 0.000000175. The molecule has 6 aromatic rings. The minimum Gasteiger partial charge on any atom is -0.329 e. The number of hydrogen-bond acceptors (Lipinski definition) is 7. The quantitative estimate of drug-likeness (QED) is 0.198. The molecular weight excluding hydrogens is 614 g/mol. The first kappa shape index (κ1) is 30.7. The molecule has 0 unspecified atom stereocenters. The van der Waals surface area contributed by atoms with Gasteiger partial charge in [0.25, 0.3) is 5.91 Å². The van der Waals surface area contributed by atoms with Crippen molar-refractivity contribution in [2.24, 2.45) is 7.05 Å². The van der Waals surface area contributed by atoms with E-state index in [4.69, 9.17) is 11.6 Å². The summed E-state index contributed by atoms with van der Waals surface area (Å²) in [5.41, 5.74) is 3.64. The van der Waals surface area contributed by atoms with Crippen molar-refractivity contribution in [2.75, 3.05) is 5.32 Å².